The lowest BCUT2D eigenvalue weighted by atomic mass is 9.89. The summed E-state index contributed by atoms with van der Waals surface area (Å²) in [5, 5.41) is 18.1. The van der Waals surface area contributed by atoms with Gasteiger partial charge in [0, 0.05) is 4.90 Å². The summed E-state index contributed by atoms with van der Waals surface area (Å²) < 4.78 is 26.7. The van der Waals surface area contributed by atoms with Crippen molar-refractivity contribution in [3.8, 4) is 0 Å². The van der Waals surface area contributed by atoms with Gasteiger partial charge in [0.05, 0.1) is 0 Å². The summed E-state index contributed by atoms with van der Waals surface area (Å²) in [5.41, 5.74) is -2.88. The Hall–Kier alpha value is -1.14. The van der Waals surface area contributed by atoms with Crippen molar-refractivity contribution >= 4 is 17.7 Å². The van der Waals surface area contributed by atoms with E-state index in [0.29, 0.717) is 0 Å². The number of aliphatic carboxylic acids is 1. The summed E-state index contributed by atoms with van der Waals surface area (Å²) in [6.07, 6.45) is 1.82. The van der Waals surface area contributed by atoms with E-state index < -0.39 is 17.5 Å². The van der Waals surface area contributed by atoms with Gasteiger partial charge in [-0.15, -0.1) is 11.8 Å². The zero-order valence-electron chi connectivity index (χ0n) is 9.28. The summed E-state index contributed by atoms with van der Waals surface area (Å²) in [4.78, 5) is 11.3. The molecule has 0 aliphatic carbocycles. The Kier molecular flexibility index (Phi) is 3.78. The van der Waals surface area contributed by atoms with Crippen LogP contribution in [0.1, 0.15) is 12.5 Å². The van der Waals surface area contributed by atoms with Crippen LogP contribution in [-0.2, 0) is 10.4 Å². The summed E-state index contributed by atoms with van der Waals surface area (Å²) in [7, 11) is 0. The Morgan fingerprint density at radius 2 is 1.76 bits per heavy atom. The van der Waals surface area contributed by atoms with E-state index in [-0.39, 0.29) is 5.56 Å². The van der Waals surface area contributed by atoms with Gasteiger partial charge in [0.2, 0.25) is 0 Å². The van der Waals surface area contributed by atoms with Crippen LogP contribution in [0.3, 0.4) is 0 Å². The number of thioether (sulfide) groups is 1. The molecule has 0 aromatic heterocycles. The van der Waals surface area contributed by atoms with Crippen LogP contribution in [0.25, 0.3) is 0 Å². The lowest BCUT2D eigenvalue weighted by Crippen LogP contribution is -2.48. The number of benzene rings is 1. The number of carbonyl (C=O) groups is 1. The molecule has 0 spiro atoms. The van der Waals surface area contributed by atoms with Gasteiger partial charge in [0.25, 0.3) is 0 Å². The van der Waals surface area contributed by atoms with Crippen molar-refractivity contribution in [2.75, 3.05) is 6.26 Å². The van der Waals surface area contributed by atoms with Crippen LogP contribution in [0.4, 0.5) is 8.78 Å². The molecule has 1 atom stereocenters. The van der Waals surface area contributed by atoms with Crippen LogP contribution in [0, 0.1) is 0 Å². The van der Waals surface area contributed by atoms with Gasteiger partial charge >= 0.3 is 11.9 Å². The average molecular weight is 262 g/mol. The number of aliphatic hydroxyl groups is 1. The third-order valence-corrected chi connectivity index (χ3v) is 3.28. The number of alkyl halides is 2. The largest absolute Gasteiger partial charge is 0.477 e. The molecule has 0 radical (unpaired) electrons. The minimum atomic E-state index is -4.24. The van der Waals surface area contributed by atoms with Crippen molar-refractivity contribution in [1.29, 1.82) is 0 Å². The van der Waals surface area contributed by atoms with Crippen molar-refractivity contribution < 1.29 is 23.8 Å². The van der Waals surface area contributed by atoms with Crippen LogP contribution in [0.5, 0.6) is 0 Å². The van der Waals surface area contributed by atoms with E-state index in [1.54, 1.807) is 12.1 Å². The predicted molar refractivity (Wildman–Crippen MR) is 60.4 cm³/mol. The van der Waals surface area contributed by atoms with Crippen LogP contribution in [0.15, 0.2) is 29.2 Å². The molecule has 3 nitrogen and oxygen atoms in total. The molecule has 0 aliphatic rings. The van der Waals surface area contributed by atoms with Crippen LogP contribution in [-0.4, -0.2) is 28.4 Å². The first-order valence-electron chi connectivity index (χ1n) is 4.71. The molecule has 0 saturated heterocycles. The second kappa shape index (κ2) is 4.62. The smallest absolute Gasteiger partial charge is 0.378 e. The van der Waals surface area contributed by atoms with Crippen molar-refractivity contribution in [1.82, 2.24) is 0 Å². The lowest BCUT2D eigenvalue weighted by Gasteiger charge is -2.29. The van der Waals surface area contributed by atoms with Gasteiger partial charge in [-0.25, -0.2) is 4.79 Å². The number of hydrogen-bond acceptors (Lipinski definition) is 3. The fraction of sp³-hybridized carbons (Fsp3) is 0.364. The SMILES string of the molecule is CSc1ccc(C(C)(O)C(F)(F)C(=O)O)cc1. The predicted octanol–water partition coefficient (Wildman–Crippen LogP) is 2.34. The standard InChI is InChI=1S/C11H12F2O3S/c1-10(16,11(12,13)9(14)15)7-3-5-8(17-2)6-4-7/h3-6,16H,1-2H3,(H,14,15). The normalized spacial score (nSPS) is 15.4. The fourth-order valence-electron chi connectivity index (χ4n) is 1.31. The number of hydrogen-bond donors (Lipinski definition) is 2. The van der Waals surface area contributed by atoms with Crippen molar-refractivity contribution in [2.45, 2.75) is 23.3 Å². The highest BCUT2D eigenvalue weighted by atomic mass is 32.2. The highest BCUT2D eigenvalue weighted by molar-refractivity contribution is 7.98. The fourth-order valence-corrected chi connectivity index (χ4v) is 1.71. The molecule has 1 rings (SSSR count). The van der Waals surface area contributed by atoms with Gasteiger partial charge in [0.1, 0.15) is 0 Å². The van der Waals surface area contributed by atoms with E-state index in [0.717, 1.165) is 11.8 Å². The average Bonchev–Trinajstić information content (AvgIpc) is 2.28. The second-order valence-electron chi connectivity index (χ2n) is 3.68. The Bertz CT molecular complexity index is 415. The maximum Gasteiger partial charge on any atom is 0.378 e. The Morgan fingerprint density at radius 3 is 2.12 bits per heavy atom. The van der Waals surface area contributed by atoms with Crippen LogP contribution in [0.2, 0.25) is 0 Å². The van der Waals surface area contributed by atoms with Crippen LogP contribution < -0.4 is 0 Å². The van der Waals surface area contributed by atoms with Gasteiger partial charge in [-0.3, -0.25) is 0 Å². The molecule has 6 heteroatoms. The minimum absolute atomic E-state index is 0.136. The van der Waals surface area contributed by atoms with Gasteiger partial charge in [-0.1, -0.05) is 12.1 Å². The van der Waals surface area contributed by atoms with E-state index in [9.17, 15) is 18.7 Å². The highest BCUT2D eigenvalue weighted by Crippen LogP contribution is 2.38. The monoisotopic (exact) mass is 262 g/mol. The molecule has 0 bridgehead atoms. The molecular formula is C11H12F2O3S. The Labute approximate surface area is 101 Å². The molecule has 0 aliphatic heterocycles. The van der Waals surface area contributed by atoms with Gasteiger partial charge in [0.15, 0.2) is 5.60 Å². The first-order valence-corrected chi connectivity index (χ1v) is 5.94. The number of carboxylic acids is 1. The molecule has 0 heterocycles. The first kappa shape index (κ1) is 13.9. The van der Waals surface area contributed by atoms with E-state index in [1.165, 1.54) is 23.9 Å². The first-order chi connectivity index (χ1) is 7.73. The van der Waals surface area contributed by atoms with E-state index >= 15 is 0 Å². The van der Waals surface area contributed by atoms with E-state index in [1.807, 2.05) is 6.26 Å². The van der Waals surface area contributed by atoms with Crippen LogP contribution >= 0.6 is 11.8 Å². The third-order valence-electron chi connectivity index (χ3n) is 2.53. The van der Waals surface area contributed by atoms with Gasteiger partial charge < -0.3 is 10.2 Å². The molecule has 0 fully saturated rings. The van der Waals surface area contributed by atoms with E-state index in [4.69, 9.17) is 5.11 Å². The van der Waals surface area contributed by atoms with Gasteiger partial charge in [-0.2, -0.15) is 8.78 Å². The highest BCUT2D eigenvalue weighted by Gasteiger charge is 2.56. The quantitative estimate of drug-likeness (QED) is 0.818. The molecule has 1 unspecified atom stereocenters. The third kappa shape index (κ3) is 2.42. The summed E-state index contributed by atoms with van der Waals surface area (Å²) in [5.74, 6) is -6.59. The summed E-state index contributed by atoms with van der Waals surface area (Å²) in [6.45, 7) is 0.787. The zero-order chi connectivity index (χ0) is 13.3. The summed E-state index contributed by atoms with van der Waals surface area (Å²) in [6, 6.07) is 5.68. The van der Waals surface area contributed by atoms with Gasteiger partial charge in [-0.05, 0) is 30.9 Å². The molecule has 0 saturated carbocycles. The Balaban J connectivity index is 3.16. The second-order valence-corrected chi connectivity index (χ2v) is 4.56. The molecule has 17 heavy (non-hydrogen) atoms. The zero-order valence-corrected chi connectivity index (χ0v) is 10.1. The van der Waals surface area contributed by atoms with Crippen molar-refractivity contribution in [3.05, 3.63) is 29.8 Å². The van der Waals surface area contributed by atoms with Crippen molar-refractivity contribution in [3.63, 3.8) is 0 Å². The number of rotatable bonds is 4. The molecular weight excluding hydrogens is 250 g/mol. The lowest BCUT2D eigenvalue weighted by molar-refractivity contribution is -0.207. The molecule has 94 valence electrons. The Morgan fingerprint density at radius 1 is 1.29 bits per heavy atom. The molecule has 2 N–H and O–H groups in total. The topological polar surface area (TPSA) is 57.5 Å². The van der Waals surface area contributed by atoms with Crippen molar-refractivity contribution in [2.24, 2.45) is 0 Å². The maximum absolute atomic E-state index is 13.3. The molecule has 0 amide bonds. The maximum atomic E-state index is 13.3. The summed E-state index contributed by atoms with van der Waals surface area (Å²) >= 11 is 1.42. The van der Waals surface area contributed by atoms with E-state index in [2.05, 4.69) is 0 Å². The minimum Gasteiger partial charge on any atom is -0.477 e. The molecule has 1 aromatic rings. The number of halogens is 2. The molecule has 1 aromatic carbocycles. The number of carboxylic acid groups (broad SMARTS) is 1.